The first-order valence-corrected chi connectivity index (χ1v) is 15.0. The molecule has 1 aliphatic heterocycles. The Hall–Kier alpha value is -4.18. The molecule has 0 saturated carbocycles. The molecule has 9 nitrogen and oxygen atoms in total. The summed E-state index contributed by atoms with van der Waals surface area (Å²) in [5.41, 5.74) is 10.2. The van der Waals surface area contributed by atoms with Gasteiger partial charge in [-0.2, -0.15) is 0 Å². The summed E-state index contributed by atoms with van der Waals surface area (Å²) in [4.78, 5) is 36.7. The molecule has 0 bridgehead atoms. The Morgan fingerprint density at radius 1 is 1.12 bits per heavy atom. The van der Waals surface area contributed by atoms with E-state index in [1.807, 2.05) is 78.4 Å². The summed E-state index contributed by atoms with van der Waals surface area (Å²) in [7, 11) is 0. The maximum atomic E-state index is 13.9. The number of rotatable bonds is 9. The number of carbonyl (C=O) groups is 1. The lowest BCUT2D eigenvalue weighted by molar-refractivity contribution is 0.0991. The molecule has 0 atom stereocenters. The van der Waals surface area contributed by atoms with Gasteiger partial charge in [0.15, 0.2) is 5.84 Å². The Bertz CT molecular complexity index is 1620. The molecule has 0 unspecified atom stereocenters. The highest BCUT2D eigenvalue weighted by Crippen LogP contribution is 2.28. The summed E-state index contributed by atoms with van der Waals surface area (Å²) in [6.07, 6.45) is 3.24. The number of amides is 1. The van der Waals surface area contributed by atoms with Crippen molar-refractivity contribution in [2.75, 3.05) is 29.4 Å². The van der Waals surface area contributed by atoms with Gasteiger partial charge in [-0.05, 0) is 67.0 Å². The van der Waals surface area contributed by atoms with Crippen LogP contribution in [0.4, 0.5) is 11.4 Å². The number of thiophene rings is 1. The van der Waals surface area contributed by atoms with E-state index in [-0.39, 0.29) is 17.3 Å². The Balaban J connectivity index is 1.40. The predicted octanol–water partition coefficient (Wildman–Crippen LogP) is 6.35. The number of anilines is 2. The molecular weight excluding hydrogens is 534 g/mol. The summed E-state index contributed by atoms with van der Waals surface area (Å²) in [6.45, 7) is 6.81. The molecular formula is C31H35N7O2S. The van der Waals surface area contributed by atoms with Crippen LogP contribution in [0.2, 0.25) is 0 Å². The second kappa shape index (κ2) is 12.6. The predicted molar refractivity (Wildman–Crippen MR) is 165 cm³/mol. The van der Waals surface area contributed by atoms with Crippen molar-refractivity contribution in [3.05, 3.63) is 86.6 Å². The van der Waals surface area contributed by atoms with E-state index in [2.05, 4.69) is 10.0 Å². The summed E-state index contributed by atoms with van der Waals surface area (Å²) in [5, 5.41) is 13.8. The zero-order valence-electron chi connectivity index (χ0n) is 23.5. The van der Waals surface area contributed by atoms with Crippen LogP contribution in [0.3, 0.4) is 0 Å². The maximum absolute atomic E-state index is 13.9. The lowest BCUT2D eigenvalue weighted by atomic mass is 9.95. The maximum Gasteiger partial charge on any atom is 0.268 e. The van der Waals surface area contributed by atoms with E-state index in [1.54, 1.807) is 4.90 Å². The Morgan fingerprint density at radius 3 is 2.59 bits per heavy atom. The summed E-state index contributed by atoms with van der Waals surface area (Å²) in [6, 6.07) is 16.9. The zero-order valence-corrected chi connectivity index (χ0v) is 24.3. The van der Waals surface area contributed by atoms with Crippen LogP contribution in [0.25, 0.3) is 10.9 Å². The number of carbonyl (C=O) groups excluding carboxylic acids is 1. The zero-order chi connectivity index (χ0) is 28.9. The first kappa shape index (κ1) is 28.4. The minimum atomic E-state index is -0.0630. The number of para-hydroxylation sites is 1. The highest BCUT2D eigenvalue weighted by atomic mass is 32.1. The van der Waals surface area contributed by atoms with E-state index in [0.717, 1.165) is 43.9 Å². The van der Waals surface area contributed by atoms with Crippen molar-refractivity contribution < 1.29 is 4.79 Å². The summed E-state index contributed by atoms with van der Waals surface area (Å²) < 4.78 is 1.83. The van der Waals surface area contributed by atoms with Crippen LogP contribution in [-0.2, 0) is 13.0 Å². The average Bonchev–Trinajstić information content (AvgIpc) is 3.56. The molecule has 3 heterocycles. The highest BCUT2D eigenvalue weighted by Gasteiger charge is 2.24. The first-order valence-electron chi connectivity index (χ1n) is 14.1. The fourth-order valence-corrected chi connectivity index (χ4v) is 6.28. The molecule has 10 heteroatoms. The van der Waals surface area contributed by atoms with Crippen molar-refractivity contribution in [2.24, 2.45) is 11.0 Å². The van der Waals surface area contributed by atoms with Gasteiger partial charge < -0.3 is 9.80 Å². The van der Waals surface area contributed by atoms with Crippen molar-refractivity contribution in [1.82, 2.24) is 9.55 Å². The molecule has 4 aromatic rings. The third kappa shape index (κ3) is 5.83. The summed E-state index contributed by atoms with van der Waals surface area (Å²) in [5.74, 6) is 0.979. The molecule has 1 aliphatic rings. The number of aryl methyl sites for hydroxylation is 1. The number of amidine groups is 1. The van der Waals surface area contributed by atoms with E-state index in [4.69, 9.17) is 15.9 Å². The molecule has 212 valence electrons. The molecule has 2 aromatic carbocycles. The van der Waals surface area contributed by atoms with Crippen LogP contribution < -0.4 is 15.4 Å². The quantitative estimate of drug-likeness (QED) is 0.139. The van der Waals surface area contributed by atoms with Crippen molar-refractivity contribution >= 4 is 45.4 Å². The largest absolute Gasteiger partial charge is 0.371 e. The van der Waals surface area contributed by atoms with Gasteiger partial charge in [0.25, 0.3) is 11.5 Å². The van der Waals surface area contributed by atoms with Crippen LogP contribution in [-0.4, -0.2) is 40.9 Å². The Labute approximate surface area is 243 Å². The standard InChI is InChI=1S/C31H35N7O2S/c1-3-15-37(31(40)27-10-7-18-41-27)22-11-12-25-24(19-22)30(39)38(28(4-2)34-25)20-21-13-16-36(17-14-21)26-9-6-5-8-23(26)29(32)35-33/h5-12,18-19,21,32-33H,3-4,13-17,20H2,1-2H3. The molecule has 1 fully saturated rings. The molecule has 2 aromatic heterocycles. The monoisotopic (exact) mass is 569 g/mol. The second-order valence-electron chi connectivity index (χ2n) is 10.3. The van der Waals surface area contributed by atoms with Gasteiger partial charge in [0.1, 0.15) is 5.82 Å². The molecule has 1 saturated heterocycles. The SMILES string of the molecule is CCCN(C(=O)c1cccs1)c1ccc2nc(CC)n(CC3CCN(c4ccccc4C(=N)N=N)CC3)c(=O)c2c1. The number of fused-ring (bicyclic) bond motifs is 1. The van der Waals surface area contributed by atoms with Crippen LogP contribution >= 0.6 is 11.3 Å². The lowest BCUT2D eigenvalue weighted by Gasteiger charge is -2.35. The number of piperidine rings is 1. The van der Waals surface area contributed by atoms with Gasteiger partial charge in [0.05, 0.1) is 15.8 Å². The minimum Gasteiger partial charge on any atom is -0.371 e. The Kier molecular flexibility index (Phi) is 8.68. The van der Waals surface area contributed by atoms with E-state index < -0.39 is 0 Å². The fraction of sp³-hybridized carbons (Fsp3) is 0.355. The number of aromatic nitrogens is 2. The normalized spacial score (nSPS) is 13.9. The first-order chi connectivity index (χ1) is 19.9. The molecule has 5 rings (SSSR count). The van der Waals surface area contributed by atoms with Crippen molar-refractivity contribution in [2.45, 2.75) is 46.1 Å². The lowest BCUT2D eigenvalue weighted by Crippen LogP contribution is -2.38. The Morgan fingerprint density at radius 2 is 1.90 bits per heavy atom. The van der Waals surface area contributed by atoms with Gasteiger partial charge in [-0.25, -0.2) is 10.5 Å². The van der Waals surface area contributed by atoms with E-state index >= 15 is 0 Å². The third-order valence-electron chi connectivity index (χ3n) is 7.74. The number of nitrogens with one attached hydrogen (secondary N) is 2. The van der Waals surface area contributed by atoms with Crippen molar-refractivity contribution in [1.29, 1.82) is 10.9 Å². The van der Waals surface area contributed by atoms with Gasteiger partial charge in [-0.3, -0.25) is 19.6 Å². The molecule has 1 amide bonds. The molecule has 0 aliphatic carbocycles. The topological polar surface area (TPSA) is 118 Å². The number of benzene rings is 2. The van der Waals surface area contributed by atoms with Gasteiger partial charge in [0.2, 0.25) is 0 Å². The highest BCUT2D eigenvalue weighted by molar-refractivity contribution is 7.12. The molecule has 2 N–H and O–H groups in total. The number of nitrogens with zero attached hydrogens (tertiary/aromatic N) is 5. The van der Waals surface area contributed by atoms with Gasteiger partial charge in [-0.1, -0.05) is 32.0 Å². The molecule has 0 spiro atoms. The summed E-state index contributed by atoms with van der Waals surface area (Å²) >= 11 is 1.42. The average molecular weight is 570 g/mol. The molecule has 0 radical (unpaired) electrons. The van der Waals surface area contributed by atoms with Crippen molar-refractivity contribution in [3.63, 3.8) is 0 Å². The van der Waals surface area contributed by atoms with Gasteiger partial charge >= 0.3 is 0 Å². The second-order valence-corrected chi connectivity index (χ2v) is 11.3. The van der Waals surface area contributed by atoms with Crippen molar-refractivity contribution in [3.8, 4) is 0 Å². The van der Waals surface area contributed by atoms with Crippen LogP contribution in [0.5, 0.6) is 0 Å². The third-order valence-corrected chi connectivity index (χ3v) is 8.59. The van der Waals surface area contributed by atoms with Crippen LogP contribution in [0.15, 0.2) is 69.9 Å². The molecule has 41 heavy (non-hydrogen) atoms. The number of hydrogen-bond acceptors (Lipinski definition) is 7. The van der Waals surface area contributed by atoms with E-state index in [0.29, 0.717) is 52.5 Å². The number of hydrogen-bond donors (Lipinski definition) is 2. The van der Waals surface area contributed by atoms with Crippen LogP contribution in [0, 0.1) is 16.9 Å². The smallest absolute Gasteiger partial charge is 0.268 e. The van der Waals surface area contributed by atoms with Crippen LogP contribution in [0.1, 0.15) is 54.2 Å². The van der Waals surface area contributed by atoms with E-state index in [1.165, 1.54) is 11.3 Å². The van der Waals surface area contributed by atoms with Gasteiger partial charge in [-0.15, -0.1) is 16.5 Å². The van der Waals surface area contributed by atoms with E-state index in [9.17, 15) is 9.59 Å². The van der Waals surface area contributed by atoms with Gasteiger partial charge in [0, 0.05) is 49.5 Å². The minimum absolute atomic E-state index is 0.0435. The fourth-order valence-electron chi connectivity index (χ4n) is 5.61.